The number of aromatic nitrogens is 1. The van der Waals surface area contributed by atoms with Crippen LogP contribution in [0.3, 0.4) is 0 Å². The van der Waals surface area contributed by atoms with Gasteiger partial charge in [-0.25, -0.2) is 5.84 Å². The van der Waals surface area contributed by atoms with Crippen LogP contribution in [0.25, 0.3) is 0 Å². The van der Waals surface area contributed by atoms with Gasteiger partial charge in [0.2, 0.25) is 0 Å². The topological polar surface area (TPSA) is 88.0 Å². The first-order valence-electron chi connectivity index (χ1n) is 3.77. The number of hydrazine groups is 1. The lowest BCUT2D eigenvalue weighted by Crippen LogP contribution is -2.30. The second kappa shape index (κ2) is 3.40. The molecule has 0 aliphatic rings. The van der Waals surface area contributed by atoms with Gasteiger partial charge in [0, 0.05) is 5.69 Å². The minimum Gasteiger partial charge on any atom is -0.356 e. The van der Waals surface area contributed by atoms with Gasteiger partial charge in [0.25, 0.3) is 5.91 Å². The van der Waals surface area contributed by atoms with Crippen molar-refractivity contribution in [3.8, 4) is 0 Å². The molecule has 1 rings (SSSR count). The van der Waals surface area contributed by atoms with Crippen LogP contribution < -0.4 is 11.3 Å². The third kappa shape index (κ3) is 1.46. The number of aryl methyl sites for hydroxylation is 1. The number of carbonyl (C=O) groups is 2. The van der Waals surface area contributed by atoms with Crippen molar-refractivity contribution in [3.63, 3.8) is 0 Å². The molecule has 5 heteroatoms. The van der Waals surface area contributed by atoms with E-state index in [0.29, 0.717) is 28.8 Å². The monoisotopic (exact) mass is 181 g/mol. The maximum Gasteiger partial charge on any atom is 0.267 e. The van der Waals surface area contributed by atoms with Crippen LogP contribution >= 0.6 is 0 Å². The summed E-state index contributed by atoms with van der Waals surface area (Å²) in [6.45, 7) is 3.41. The quantitative estimate of drug-likeness (QED) is 0.260. The molecule has 0 unspecified atom stereocenters. The third-order valence-electron chi connectivity index (χ3n) is 1.95. The van der Waals surface area contributed by atoms with Crippen LogP contribution in [-0.2, 0) is 0 Å². The second-order valence-electron chi connectivity index (χ2n) is 2.75. The summed E-state index contributed by atoms with van der Waals surface area (Å²) in [5.41, 5.74) is 4.14. The smallest absolute Gasteiger partial charge is 0.267 e. The number of hydrogen-bond donors (Lipinski definition) is 3. The van der Waals surface area contributed by atoms with Crippen LogP contribution in [0.15, 0.2) is 0 Å². The summed E-state index contributed by atoms with van der Waals surface area (Å²) in [4.78, 5) is 24.5. The number of aromatic amines is 1. The molecule has 0 saturated heterocycles. The van der Waals surface area contributed by atoms with E-state index in [1.165, 1.54) is 0 Å². The Labute approximate surface area is 75.3 Å². The normalized spacial score (nSPS) is 9.77. The maximum absolute atomic E-state index is 11.2. The highest BCUT2D eigenvalue weighted by atomic mass is 16.2. The van der Waals surface area contributed by atoms with Crippen molar-refractivity contribution in [2.75, 3.05) is 0 Å². The van der Waals surface area contributed by atoms with Gasteiger partial charge in [0.15, 0.2) is 6.29 Å². The third-order valence-corrected chi connectivity index (χ3v) is 1.95. The lowest BCUT2D eigenvalue weighted by atomic mass is 10.1. The van der Waals surface area contributed by atoms with E-state index in [9.17, 15) is 9.59 Å². The van der Waals surface area contributed by atoms with Crippen molar-refractivity contribution in [2.24, 2.45) is 5.84 Å². The molecule has 0 aliphatic carbocycles. The summed E-state index contributed by atoms with van der Waals surface area (Å²) in [5, 5.41) is 0. The molecule has 1 heterocycles. The number of nitrogens with one attached hydrogen (secondary N) is 2. The molecule has 5 nitrogen and oxygen atoms in total. The number of hydrogen-bond acceptors (Lipinski definition) is 3. The predicted octanol–water partition coefficient (Wildman–Crippen LogP) is 0.0475. The zero-order valence-electron chi connectivity index (χ0n) is 7.47. The van der Waals surface area contributed by atoms with Crippen LogP contribution in [0, 0.1) is 13.8 Å². The molecule has 0 bridgehead atoms. The summed E-state index contributed by atoms with van der Waals surface area (Å²) in [6.07, 6.45) is 0.676. The maximum atomic E-state index is 11.2. The van der Waals surface area contributed by atoms with E-state index in [1.54, 1.807) is 13.8 Å². The Morgan fingerprint density at radius 2 is 2.15 bits per heavy atom. The Morgan fingerprint density at radius 1 is 1.54 bits per heavy atom. The zero-order chi connectivity index (χ0) is 10.0. The summed E-state index contributed by atoms with van der Waals surface area (Å²) >= 11 is 0. The summed E-state index contributed by atoms with van der Waals surface area (Å²) in [7, 11) is 0. The lowest BCUT2D eigenvalue weighted by molar-refractivity contribution is 0.0952. The number of H-pyrrole nitrogens is 1. The lowest BCUT2D eigenvalue weighted by Gasteiger charge is -1.98. The van der Waals surface area contributed by atoms with Crippen molar-refractivity contribution in [1.29, 1.82) is 0 Å². The Kier molecular flexibility index (Phi) is 2.48. The number of nitrogen functional groups attached to an aromatic ring is 1. The molecule has 0 spiro atoms. The molecule has 0 aliphatic heterocycles. The second-order valence-corrected chi connectivity index (χ2v) is 2.75. The summed E-state index contributed by atoms with van der Waals surface area (Å²) in [6, 6.07) is 0. The first-order valence-corrected chi connectivity index (χ1v) is 3.77. The van der Waals surface area contributed by atoms with Crippen molar-refractivity contribution < 1.29 is 9.59 Å². The molecule has 0 fully saturated rings. The number of aldehydes is 1. The van der Waals surface area contributed by atoms with E-state index in [-0.39, 0.29) is 5.91 Å². The van der Waals surface area contributed by atoms with Gasteiger partial charge in [-0.2, -0.15) is 0 Å². The largest absolute Gasteiger partial charge is 0.356 e. The molecular formula is C8H11N3O2. The number of nitrogens with two attached hydrogens (primary N) is 1. The Balaban J connectivity index is 3.28. The van der Waals surface area contributed by atoms with Gasteiger partial charge in [-0.15, -0.1) is 0 Å². The van der Waals surface area contributed by atoms with Crippen LogP contribution in [0.1, 0.15) is 32.1 Å². The number of amides is 1. The van der Waals surface area contributed by atoms with E-state index in [0.717, 1.165) is 0 Å². The molecule has 70 valence electrons. The Morgan fingerprint density at radius 3 is 2.54 bits per heavy atom. The first kappa shape index (κ1) is 9.47. The molecule has 1 aromatic heterocycles. The molecule has 1 amide bonds. The van der Waals surface area contributed by atoms with Gasteiger partial charge in [0.05, 0.1) is 11.3 Å². The van der Waals surface area contributed by atoms with Crippen LogP contribution in [0.5, 0.6) is 0 Å². The van der Waals surface area contributed by atoms with Crippen molar-refractivity contribution in [1.82, 2.24) is 10.4 Å². The van der Waals surface area contributed by atoms with Gasteiger partial charge >= 0.3 is 0 Å². The van der Waals surface area contributed by atoms with Crippen molar-refractivity contribution in [3.05, 3.63) is 22.5 Å². The van der Waals surface area contributed by atoms with Crippen molar-refractivity contribution >= 4 is 12.2 Å². The number of carbonyl (C=O) groups excluding carboxylic acids is 2. The molecular weight excluding hydrogens is 170 g/mol. The SMILES string of the molecule is Cc1[nH]c(C=O)c(C)c1C(=O)NN. The molecule has 0 radical (unpaired) electrons. The molecule has 4 N–H and O–H groups in total. The fraction of sp³-hybridized carbons (Fsp3) is 0.250. The van der Waals surface area contributed by atoms with Crippen LogP contribution in [0.4, 0.5) is 0 Å². The number of rotatable bonds is 2. The van der Waals surface area contributed by atoms with Crippen LogP contribution in [0.2, 0.25) is 0 Å². The van der Waals surface area contributed by atoms with Gasteiger partial charge in [-0.3, -0.25) is 15.0 Å². The molecule has 13 heavy (non-hydrogen) atoms. The molecule has 0 saturated carbocycles. The average molecular weight is 181 g/mol. The Hall–Kier alpha value is -1.62. The predicted molar refractivity (Wildman–Crippen MR) is 47.3 cm³/mol. The average Bonchev–Trinajstić information content (AvgIpc) is 2.40. The highest BCUT2D eigenvalue weighted by molar-refractivity contribution is 5.98. The highest BCUT2D eigenvalue weighted by Crippen LogP contribution is 2.15. The first-order chi connectivity index (χ1) is 6.11. The summed E-state index contributed by atoms with van der Waals surface area (Å²) in [5.74, 6) is 4.60. The highest BCUT2D eigenvalue weighted by Gasteiger charge is 2.16. The van der Waals surface area contributed by atoms with Gasteiger partial charge in [-0.05, 0) is 19.4 Å². The minimum absolute atomic E-state index is 0.389. The fourth-order valence-corrected chi connectivity index (χ4v) is 1.30. The Bertz CT molecular complexity index is 355. The fourth-order valence-electron chi connectivity index (χ4n) is 1.30. The zero-order valence-corrected chi connectivity index (χ0v) is 7.47. The van der Waals surface area contributed by atoms with Gasteiger partial charge in [-0.1, -0.05) is 0 Å². The van der Waals surface area contributed by atoms with E-state index in [1.807, 2.05) is 5.43 Å². The molecule has 0 aromatic carbocycles. The molecule has 0 atom stereocenters. The van der Waals surface area contributed by atoms with E-state index < -0.39 is 0 Å². The van der Waals surface area contributed by atoms with E-state index in [2.05, 4.69) is 4.98 Å². The van der Waals surface area contributed by atoms with Crippen LogP contribution in [-0.4, -0.2) is 17.2 Å². The summed E-state index contributed by atoms with van der Waals surface area (Å²) < 4.78 is 0. The van der Waals surface area contributed by atoms with Gasteiger partial charge in [0.1, 0.15) is 0 Å². The van der Waals surface area contributed by atoms with E-state index in [4.69, 9.17) is 5.84 Å². The minimum atomic E-state index is -0.389. The van der Waals surface area contributed by atoms with Crippen molar-refractivity contribution in [2.45, 2.75) is 13.8 Å². The van der Waals surface area contributed by atoms with E-state index >= 15 is 0 Å². The molecule has 1 aromatic rings. The van der Waals surface area contributed by atoms with Gasteiger partial charge < -0.3 is 4.98 Å². The standard InChI is InChI=1S/C8H11N3O2/c1-4-6(3-12)10-5(2)7(4)8(13)11-9/h3,10H,9H2,1-2H3,(H,11,13).